The fourth-order valence-electron chi connectivity index (χ4n) is 9.71. The first-order valence-corrected chi connectivity index (χ1v) is 68.3. The van der Waals surface area contributed by atoms with Crippen molar-refractivity contribution >= 4 is 102 Å². The normalized spacial score (nSPS) is 14.5. The van der Waals surface area contributed by atoms with Gasteiger partial charge in [0.05, 0.1) is 63.7 Å². The van der Waals surface area contributed by atoms with E-state index in [1.54, 1.807) is 0 Å². The third kappa shape index (κ3) is 51.2. The van der Waals surface area contributed by atoms with E-state index in [9.17, 15) is 20.4 Å². The van der Waals surface area contributed by atoms with Gasteiger partial charge >= 0.3 is 35.0 Å². The fraction of sp³-hybridized carbons (Fsp3) is 1.00. The molecule has 0 aliphatic carbocycles. The monoisotopic (exact) mass is 1390 g/mol. The number of hydrogen-bond donors (Lipinski definition) is 4. The van der Waals surface area contributed by atoms with Gasteiger partial charge in [0, 0.05) is 26.4 Å². The summed E-state index contributed by atoms with van der Waals surface area (Å²) in [5.41, 5.74) is -1.56. The molecule has 0 radical (unpaired) electrons. The maximum absolute atomic E-state index is 10.1. The molecule has 0 aromatic carbocycles. The Kier molecular flexibility index (Phi) is 41.4. The zero-order valence-electron chi connectivity index (χ0n) is 59.1. The van der Waals surface area contributed by atoms with Gasteiger partial charge in [-0.15, -0.1) is 0 Å². The number of aliphatic hydroxyl groups is 4. The molecule has 0 unspecified atom stereocenters. The van der Waals surface area contributed by atoms with Crippen LogP contribution in [0.5, 0.6) is 0 Å². The van der Waals surface area contributed by atoms with Gasteiger partial charge in [0.1, 0.15) is 0 Å². The lowest BCUT2D eigenvalue weighted by molar-refractivity contribution is -0.0777. The SMILES string of the molecule is C[Si](C)(C)O[SiH](CCCCOCC(CO)(CO)COCCCC[Si](C)(O[Si](C)(C)C)O[Si](C)(C)C)O[Si](C)(C)C.C[Si](C)(C)O[Si](C)(CCCCCOCC(CO)(CO)COCCCCC[Si](C)(O[Si](C)(C)C)O[Si](C)(C)C)O[Si](C)(C)C. The van der Waals surface area contributed by atoms with Crippen LogP contribution in [0.4, 0.5) is 0 Å². The Morgan fingerprint density at radius 3 is 0.675 bits per heavy atom. The molecule has 0 rings (SSSR count). The van der Waals surface area contributed by atoms with Gasteiger partial charge in [0.25, 0.3) is 0 Å². The molecule has 16 nitrogen and oxygen atoms in total. The van der Waals surface area contributed by atoms with Crippen molar-refractivity contribution in [2.45, 2.75) is 265 Å². The summed E-state index contributed by atoms with van der Waals surface area (Å²) >= 11 is 0. The van der Waals surface area contributed by atoms with Crippen LogP contribution < -0.4 is 0 Å². The Bertz CT molecular complexity index is 1530. The van der Waals surface area contributed by atoms with E-state index in [1.165, 1.54) is 0 Å². The van der Waals surface area contributed by atoms with Crippen molar-refractivity contribution in [2.75, 3.05) is 79.3 Å². The minimum Gasteiger partial charge on any atom is -0.439 e. The van der Waals surface area contributed by atoms with E-state index in [1.807, 2.05) is 0 Å². The second-order valence-corrected chi connectivity index (χ2v) is 82.3. The number of rotatable bonds is 50. The third-order valence-electron chi connectivity index (χ3n) is 12.1. The number of hydrogen-bond acceptors (Lipinski definition) is 16. The van der Waals surface area contributed by atoms with E-state index in [4.69, 9.17) is 51.9 Å². The molecule has 4 N–H and O–H groups in total. The van der Waals surface area contributed by atoms with Gasteiger partial charge in [-0.2, -0.15) is 0 Å². The van der Waals surface area contributed by atoms with Gasteiger partial charge in [-0.1, -0.05) is 25.7 Å². The van der Waals surface area contributed by atoms with Gasteiger partial charge in [-0.3, -0.25) is 0 Å². The van der Waals surface area contributed by atoms with Crippen molar-refractivity contribution in [3.05, 3.63) is 0 Å². The van der Waals surface area contributed by atoms with Crippen LogP contribution in [0.3, 0.4) is 0 Å². The highest BCUT2D eigenvalue weighted by atomic mass is 28.5. The summed E-state index contributed by atoms with van der Waals surface area (Å²) < 4.78 is 76.1. The van der Waals surface area contributed by atoms with Gasteiger partial charge < -0.3 is 72.3 Å². The minimum atomic E-state index is -2.23. The number of ether oxygens (including phenoxy) is 4. The number of aliphatic hydroxyl groups excluding tert-OH is 4. The third-order valence-corrected chi connectivity index (χ3v) is 49.5. The van der Waals surface area contributed by atoms with Crippen LogP contribution in [-0.2, 0) is 51.9 Å². The smallest absolute Gasteiger partial charge is 0.314 e. The molecule has 0 aliphatic heterocycles. The molecule has 0 amide bonds. The van der Waals surface area contributed by atoms with Crippen molar-refractivity contribution in [3.63, 3.8) is 0 Å². The van der Waals surface area contributed by atoms with Crippen LogP contribution in [0.2, 0.25) is 201 Å². The molecular formula is C55H138O16Si12. The lowest BCUT2D eigenvalue weighted by Crippen LogP contribution is -2.52. The molecule has 0 aromatic rings. The van der Waals surface area contributed by atoms with Crippen molar-refractivity contribution in [1.29, 1.82) is 0 Å². The predicted molar refractivity (Wildman–Crippen MR) is 379 cm³/mol. The van der Waals surface area contributed by atoms with Gasteiger partial charge in [-0.25, -0.2) is 0 Å². The Hall–Kier alpha value is 1.96. The highest BCUT2D eigenvalue weighted by molar-refractivity contribution is 6.89. The minimum absolute atomic E-state index is 0.165. The first-order valence-electron chi connectivity index (χ1n) is 31.7. The number of unbranched alkanes of at least 4 members (excludes halogenated alkanes) is 6. The molecule has 0 atom stereocenters. The van der Waals surface area contributed by atoms with E-state index in [0.717, 1.165) is 88.4 Å². The maximum atomic E-state index is 10.1. The lowest BCUT2D eigenvalue weighted by Gasteiger charge is -2.38. The van der Waals surface area contributed by atoms with Crippen LogP contribution in [0.1, 0.15) is 64.2 Å². The largest absolute Gasteiger partial charge is 0.439 e. The topological polar surface area (TPSA) is 192 Å². The Labute approximate surface area is 525 Å². The van der Waals surface area contributed by atoms with Crippen LogP contribution in [0.25, 0.3) is 0 Å². The maximum Gasteiger partial charge on any atom is 0.314 e. The highest BCUT2D eigenvalue weighted by Crippen LogP contribution is 2.30. The summed E-state index contributed by atoms with van der Waals surface area (Å²) in [7, 11) is -21.7. The van der Waals surface area contributed by atoms with Crippen LogP contribution in [-0.4, -0.2) is 201 Å². The van der Waals surface area contributed by atoms with Gasteiger partial charge in [-0.05, 0) is 239 Å². The van der Waals surface area contributed by atoms with E-state index < -0.39 is 112 Å². The summed E-state index contributed by atoms with van der Waals surface area (Å²) in [6, 6.07) is 3.95. The van der Waals surface area contributed by atoms with E-state index in [0.29, 0.717) is 26.4 Å². The predicted octanol–water partition coefficient (Wildman–Crippen LogP) is 14.1. The molecule has 0 saturated carbocycles. The van der Waals surface area contributed by atoms with Gasteiger partial charge in [0.15, 0.2) is 66.5 Å². The Morgan fingerprint density at radius 1 is 0.265 bits per heavy atom. The molecule has 0 aliphatic rings. The summed E-state index contributed by atoms with van der Waals surface area (Å²) in [5, 5.41) is 40.2. The molecule has 83 heavy (non-hydrogen) atoms. The molecular weight excluding hydrogens is 1250 g/mol. The first-order chi connectivity index (χ1) is 37.4. The summed E-state index contributed by atoms with van der Waals surface area (Å²) in [6.45, 7) is 63.1. The zero-order valence-corrected chi connectivity index (χ0v) is 71.3. The van der Waals surface area contributed by atoms with Crippen molar-refractivity contribution in [3.8, 4) is 0 Å². The second-order valence-electron chi connectivity index (χ2n) is 32.0. The van der Waals surface area contributed by atoms with Gasteiger partial charge in [0.2, 0.25) is 0 Å². The molecule has 502 valence electrons. The molecule has 0 spiro atoms. The molecule has 0 heterocycles. The average molecular weight is 1390 g/mol. The molecule has 0 bridgehead atoms. The molecule has 0 fully saturated rings. The Morgan fingerprint density at radius 2 is 0.470 bits per heavy atom. The summed E-state index contributed by atoms with van der Waals surface area (Å²) in [5.74, 6) is 0. The molecule has 0 saturated heterocycles. The zero-order chi connectivity index (χ0) is 64.9. The summed E-state index contributed by atoms with van der Waals surface area (Å²) in [4.78, 5) is 0. The first kappa shape index (κ1) is 87.0. The lowest BCUT2D eigenvalue weighted by atomic mass is 9.92. The van der Waals surface area contributed by atoms with Crippen molar-refractivity contribution < 1.29 is 72.3 Å². The average Bonchev–Trinajstić information content (AvgIpc) is 3.24. The fourth-order valence-corrected chi connectivity index (χ4v) is 56.0. The molecule has 28 heteroatoms. The van der Waals surface area contributed by atoms with E-state index >= 15 is 0 Å². The van der Waals surface area contributed by atoms with E-state index in [-0.39, 0.29) is 52.9 Å². The quantitative estimate of drug-likeness (QED) is 0.0332. The van der Waals surface area contributed by atoms with Crippen molar-refractivity contribution in [1.82, 2.24) is 0 Å². The van der Waals surface area contributed by atoms with E-state index in [2.05, 4.69) is 177 Å². The van der Waals surface area contributed by atoms with Crippen LogP contribution in [0.15, 0.2) is 0 Å². The molecule has 0 aromatic heterocycles. The van der Waals surface area contributed by atoms with Crippen LogP contribution >= 0.6 is 0 Å². The summed E-state index contributed by atoms with van der Waals surface area (Å²) in [6.07, 6.45) is 9.85. The highest BCUT2D eigenvalue weighted by Gasteiger charge is 2.43. The van der Waals surface area contributed by atoms with Crippen LogP contribution in [0, 0.1) is 10.8 Å². The Balaban J connectivity index is 0. The standard InChI is InChI=1S/C29H72O8Si6.C26H66O8Si6/c1-38(2,3)34-42(13,35-39(4,5)6)23-19-15-17-21-32-27-29(25-30,26-31)28-33-22-18-16-20-24-43(14,36-40(7,8)9)37-41(10,11)12;1-36(2,3)31-35(32-37(4,5)6)20-16-14-18-29-24-26(22-27,23-28)25-30-19-15-17-21-40(13,33-38(7,8)9)34-39(10,11)12/h30-31H,15-28H2,1-14H3;27-28,35H,14-25H2,1-13H3. The van der Waals surface area contributed by atoms with Crippen molar-refractivity contribution in [2.24, 2.45) is 10.8 Å². The second kappa shape index (κ2) is 39.5.